The molecule has 0 heterocycles. The predicted octanol–water partition coefficient (Wildman–Crippen LogP) is -16.0. The third kappa shape index (κ3) is 42.8. The molecule has 0 spiro atoms. The van der Waals surface area contributed by atoms with Gasteiger partial charge in [-0.3, -0.25) is 96.3 Å². The monoisotopic (exact) mass is 1750 g/mol. The van der Waals surface area contributed by atoms with Gasteiger partial charge < -0.3 is 166 Å². The van der Waals surface area contributed by atoms with Crippen LogP contribution in [-0.4, -0.2) is 325 Å². The summed E-state index contributed by atoms with van der Waals surface area (Å²) in [6, 6.07) is -28.3. The van der Waals surface area contributed by atoms with Crippen LogP contribution < -0.4 is 126 Å². The van der Waals surface area contributed by atoms with E-state index in [1.165, 1.54) is 0 Å². The number of nitrogens with zero attached hydrogens (tertiary/aromatic N) is 2. The van der Waals surface area contributed by atoms with Crippen LogP contribution in [0.5, 0.6) is 0 Å². The lowest BCUT2D eigenvalue weighted by molar-refractivity contribution is -0.144. The zero-order chi connectivity index (χ0) is 92.8. The SMILES string of the molecule is CC(C)C[C@H](NC(=O)[C@H](CO)NC(=O)[C@@H](NC(=O)[C@H](CCCN=C(N)N)NC(=O)[C@@H](N)CCCN=C(N)N)[C@@H](C)O)C(=O)N[C@@H](CCC(N)=O)C(=O)N[C@@H](CS)C(=O)N[C@@H](CCCCN)C(=O)N[C@@H](CCC(N)=O)C(=O)N[C@H](C(=O)N[C@H](C(=O)N[C@@H](C)C(=O)N[C@@H](CO)C(=O)N[C@@H](C)C(=O)N[C@@H](CC(=O)O)C(=O)N[C@@H](CO)C(=O)O)[C@@H](C)O)[C@@H](C)O. The molecular formula is C68H121N25O27S. The Hall–Kier alpha value is -11.5. The lowest BCUT2D eigenvalue weighted by Gasteiger charge is -2.29. The zero-order valence-electron chi connectivity index (χ0n) is 68.0. The van der Waals surface area contributed by atoms with E-state index < -0.39 is 291 Å². The number of nitrogens with one attached hydrogen (secondary N) is 15. The molecule has 121 heavy (non-hydrogen) atoms. The number of thiol groups is 1. The van der Waals surface area contributed by atoms with E-state index in [0.29, 0.717) is 0 Å². The van der Waals surface area contributed by atoms with Crippen molar-refractivity contribution in [1.29, 1.82) is 0 Å². The van der Waals surface area contributed by atoms with Crippen LogP contribution in [0.25, 0.3) is 0 Å². The van der Waals surface area contributed by atoms with Crippen molar-refractivity contribution in [3.05, 3.63) is 0 Å². The Balaban J connectivity index is 6.78. The van der Waals surface area contributed by atoms with Crippen LogP contribution in [0.4, 0.5) is 0 Å². The number of carbonyl (C=O) groups is 19. The normalized spacial score (nSPS) is 15.8. The highest BCUT2D eigenvalue weighted by molar-refractivity contribution is 7.80. The molecule has 0 radical (unpaired) electrons. The van der Waals surface area contributed by atoms with E-state index in [1.807, 2.05) is 10.6 Å². The van der Waals surface area contributed by atoms with Gasteiger partial charge in [-0.1, -0.05) is 13.8 Å². The van der Waals surface area contributed by atoms with Gasteiger partial charge in [-0.05, 0) is 111 Å². The molecule has 0 aromatic rings. The third-order valence-electron chi connectivity index (χ3n) is 17.4. The third-order valence-corrected chi connectivity index (χ3v) is 17.7. The summed E-state index contributed by atoms with van der Waals surface area (Å²) in [5, 5.41) is 114. The number of carboxylic acid groups (broad SMARTS) is 2. The summed E-state index contributed by atoms with van der Waals surface area (Å²) in [5.74, 6) is -24.8. The molecule has 0 bridgehead atoms. The van der Waals surface area contributed by atoms with Crippen LogP contribution in [0.2, 0.25) is 0 Å². The summed E-state index contributed by atoms with van der Waals surface area (Å²) < 4.78 is 0. The number of rotatable bonds is 60. The summed E-state index contributed by atoms with van der Waals surface area (Å²) in [7, 11) is 0. The second-order valence-electron chi connectivity index (χ2n) is 28.3. The summed E-state index contributed by atoms with van der Waals surface area (Å²) in [4.78, 5) is 260. The molecule has 19 atom stereocenters. The molecule has 0 aliphatic heterocycles. The zero-order valence-corrected chi connectivity index (χ0v) is 68.9. The van der Waals surface area contributed by atoms with Gasteiger partial charge in [0, 0.05) is 31.7 Å². The molecule has 0 saturated heterocycles. The number of aliphatic hydroxyl groups is 6. The van der Waals surface area contributed by atoms with Crippen molar-refractivity contribution in [3.8, 4) is 0 Å². The average Bonchev–Trinajstić information content (AvgIpc) is 0.835. The number of aliphatic imine (C=N–C) groups is 2. The van der Waals surface area contributed by atoms with Crippen molar-refractivity contribution < 1.29 is 132 Å². The quantitative estimate of drug-likeness (QED) is 0.0116. The smallest absolute Gasteiger partial charge is 0.328 e. The van der Waals surface area contributed by atoms with Gasteiger partial charge in [-0.2, -0.15) is 12.6 Å². The van der Waals surface area contributed by atoms with Gasteiger partial charge in [-0.25, -0.2) is 4.79 Å². The minimum atomic E-state index is -2.09. The van der Waals surface area contributed by atoms with E-state index in [0.717, 1.165) is 34.6 Å². The van der Waals surface area contributed by atoms with Crippen LogP contribution in [0.15, 0.2) is 9.98 Å². The maximum atomic E-state index is 14.3. The van der Waals surface area contributed by atoms with E-state index in [4.69, 9.17) is 51.0 Å². The number of carbonyl (C=O) groups excluding carboxylic acids is 17. The van der Waals surface area contributed by atoms with Crippen molar-refractivity contribution in [2.45, 2.75) is 247 Å². The molecule has 0 aromatic carbocycles. The molecule has 0 rings (SSSR count). The Morgan fingerprint density at radius 3 is 1.02 bits per heavy atom. The maximum Gasteiger partial charge on any atom is 0.328 e. The number of guanidine groups is 2. The molecule has 52 nitrogen and oxygen atoms in total. The van der Waals surface area contributed by atoms with E-state index in [-0.39, 0.29) is 82.9 Å². The summed E-state index contributed by atoms with van der Waals surface area (Å²) >= 11 is 4.21. The largest absolute Gasteiger partial charge is 0.481 e. The van der Waals surface area contributed by atoms with Crippen LogP contribution in [0.3, 0.4) is 0 Å². The van der Waals surface area contributed by atoms with Crippen molar-refractivity contribution in [2.75, 3.05) is 45.2 Å². The molecule has 0 fully saturated rings. The summed E-state index contributed by atoms with van der Waals surface area (Å²) in [6.45, 7) is 5.06. The second kappa shape index (κ2) is 56.9. The number of aliphatic hydroxyl groups excluding tert-OH is 6. The fourth-order valence-electron chi connectivity index (χ4n) is 10.6. The van der Waals surface area contributed by atoms with E-state index in [9.17, 15) is 127 Å². The topological polar surface area (TPSA) is 900 Å². The molecule has 0 saturated carbocycles. The number of unbranched alkanes of at least 4 members (excludes halogenated alkanes) is 1. The van der Waals surface area contributed by atoms with Crippen LogP contribution >= 0.6 is 12.6 Å². The maximum absolute atomic E-state index is 14.3. The van der Waals surface area contributed by atoms with E-state index in [2.05, 4.69) is 91.7 Å². The number of hydrogen-bond acceptors (Lipinski definition) is 30. The molecule has 0 aliphatic carbocycles. The highest BCUT2D eigenvalue weighted by atomic mass is 32.1. The Kier molecular flexibility index (Phi) is 51.5. The van der Waals surface area contributed by atoms with Crippen LogP contribution in [-0.2, 0) is 91.1 Å². The number of hydrogen-bond donors (Lipinski definition) is 32. The molecule has 0 aliphatic rings. The highest BCUT2D eigenvalue weighted by Crippen LogP contribution is 2.13. The molecule has 686 valence electrons. The Labute approximate surface area is 700 Å². The number of amides is 17. The molecule has 39 N–H and O–H groups in total. The lowest BCUT2D eigenvalue weighted by Crippen LogP contribution is -2.63. The van der Waals surface area contributed by atoms with Gasteiger partial charge >= 0.3 is 11.9 Å². The molecule has 53 heteroatoms. The minimum Gasteiger partial charge on any atom is -0.481 e. The van der Waals surface area contributed by atoms with Gasteiger partial charge in [0.15, 0.2) is 11.9 Å². The molecular weight excluding hydrogens is 1630 g/mol. The fraction of sp³-hybridized carbons (Fsp3) is 0.691. The second-order valence-corrected chi connectivity index (χ2v) is 28.7. The first-order chi connectivity index (χ1) is 56.5. The molecule has 0 aromatic heterocycles. The van der Waals surface area contributed by atoms with Crippen molar-refractivity contribution in [3.63, 3.8) is 0 Å². The Bertz CT molecular complexity index is 3590. The first-order valence-corrected chi connectivity index (χ1v) is 38.8. The van der Waals surface area contributed by atoms with Crippen molar-refractivity contribution in [1.82, 2.24) is 79.8 Å². The first kappa shape index (κ1) is 110. The Morgan fingerprint density at radius 2 is 0.636 bits per heavy atom. The molecule has 0 unspecified atom stereocenters. The highest BCUT2D eigenvalue weighted by Gasteiger charge is 2.40. The standard InChI is InChI=1S/C68H121N25O27S/c1-28(2)22-39(86-61(114)42(25-95)88-64(117)49(32(6)98)91-56(109)36(14-11-21-78-68(75)76)81-53(106)34(70)12-10-20-77-67(73)74)58(111)84-37(15-17-45(71)100)55(108)90-44(27-121)62(115)82-35(13-8-9-19-69)54(107)83-38(16-18-46(72)101)57(110)92-50(33(7)99)65(118)93-48(31(5)97)63(116)80-30(4)52(105)87-41(24-94)60(113)79-29(3)51(104)85-40(23-47(102)103)59(112)89-43(26-96)66(119)120/h28-44,48-50,94-99,121H,8-27,69-70H2,1-7H3,(H2,71,100)(H2,72,101)(H,79,113)(H,80,116)(H,81,106)(H,82,115)(H,83,107)(H,84,111)(H,85,104)(H,86,114)(H,87,105)(H,88,117)(H,89,112)(H,90,108)(H,91,109)(H,92,110)(H,93,118)(H,102,103)(H,119,120)(H4,73,74,77)(H4,75,76,78)/t29-,30-,31+,32+,33+,34-,35-,36-,37-,38-,39-,40-,41-,42-,43-,44-,48-,49-,50-/m0/s1. The average molecular weight is 1750 g/mol. The van der Waals surface area contributed by atoms with Crippen LogP contribution in [0.1, 0.15) is 132 Å². The number of nitrogens with two attached hydrogens (primary N) is 8. The number of aliphatic carboxylic acids is 2. The van der Waals surface area contributed by atoms with Crippen LogP contribution in [0, 0.1) is 5.92 Å². The minimum absolute atomic E-state index is 0.0113. The fourth-order valence-corrected chi connectivity index (χ4v) is 10.9. The first-order valence-electron chi connectivity index (χ1n) is 38.1. The van der Waals surface area contributed by atoms with Gasteiger partial charge in [0.1, 0.15) is 90.6 Å². The van der Waals surface area contributed by atoms with Crippen molar-refractivity contribution >= 4 is 137 Å². The Morgan fingerprint density at radius 1 is 0.339 bits per heavy atom. The number of primary amides is 2. The summed E-state index contributed by atoms with van der Waals surface area (Å²) in [5.41, 5.74) is 44.2. The van der Waals surface area contributed by atoms with E-state index in [1.54, 1.807) is 13.8 Å². The number of carboxylic acids is 2. The van der Waals surface area contributed by atoms with Gasteiger partial charge in [0.25, 0.3) is 0 Å². The van der Waals surface area contributed by atoms with Gasteiger partial charge in [0.05, 0.1) is 50.6 Å². The van der Waals surface area contributed by atoms with Crippen molar-refractivity contribution in [2.24, 2.45) is 61.8 Å². The predicted molar refractivity (Wildman–Crippen MR) is 427 cm³/mol. The molecule has 17 amide bonds. The van der Waals surface area contributed by atoms with E-state index >= 15 is 0 Å². The van der Waals surface area contributed by atoms with Gasteiger partial charge in [-0.15, -0.1) is 0 Å². The van der Waals surface area contributed by atoms with Gasteiger partial charge in [0.2, 0.25) is 100 Å². The lowest BCUT2D eigenvalue weighted by atomic mass is 10.0. The summed E-state index contributed by atoms with van der Waals surface area (Å²) in [6.07, 6.45) is -8.85.